The van der Waals surface area contributed by atoms with Crippen LogP contribution in [0.5, 0.6) is 0 Å². The van der Waals surface area contributed by atoms with E-state index in [1.54, 1.807) is 0 Å². The zero-order chi connectivity index (χ0) is 20.9. The first-order valence-electron chi connectivity index (χ1n) is 11.7. The van der Waals surface area contributed by atoms with Crippen molar-refractivity contribution < 1.29 is 14.2 Å². The molecule has 0 aromatic heterocycles. The van der Waals surface area contributed by atoms with Gasteiger partial charge in [0.25, 0.3) is 0 Å². The molecule has 1 saturated heterocycles. The van der Waals surface area contributed by atoms with Crippen LogP contribution in [-0.2, 0) is 20.6 Å². The standard InChI is InChI=1S/C24H39N3O3/c1-2-25-24(26-13-6-15-28-18-20-12-17-29-19-20)27-14-7-16-30-23-11-5-9-21-8-3-4-10-22(21)23/h3-4,8,10,20,23H,2,5-7,9,11-19H2,1H3,(H2,25,26,27). The summed E-state index contributed by atoms with van der Waals surface area (Å²) in [6, 6.07) is 8.71. The Morgan fingerprint density at radius 1 is 1.17 bits per heavy atom. The molecule has 1 aromatic rings. The van der Waals surface area contributed by atoms with Crippen LogP contribution in [0.15, 0.2) is 29.3 Å². The predicted octanol–water partition coefficient (Wildman–Crippen LogP) is 3.47. The maximum atomic E-state index is 6.19. The molecule has 3 rings (SSSR count). The second kappa shape index (κ2) is 13.6. The molecule has 1 heterocycles. The largest absolute Gasteiger partial charge is 0.381 e. The van der Waals surface area contributed by atoms with Crippen LogP contribution in [-0.4, -0.2) is 58.6 Å². The van der Waals surface area contributed by atoms with E-state index >= 15 is 0 Å². The first-order chi connectivity index (χ1) is 14.9. The number of ether oxygens (including phenoxy) is 3. The van der Waals surface area contributed by atoms with Gasteiger partial charge in [-0.25, -0.2) is 0 Å². The van der Waals surface area contributed by atoms with Crippen LogP contribution in [0.3, 0.4) is 0 Å². The van der Waals surface area contributed by atoms with Crippen molar-refractivity contribution >= 4 is 5.96 Å². The monoisotopic (exact) mass is 417 g/mol. The van der Waals surface area contributed by atoms with Crippen LogP contribution in [0.1, 0.15) is 56.3 Å². The maximum Gasteiger partial charge on any atom is 0.191 e. The quantitative estimate of drug-likeness (QED) is 0.310. The number of benzene rings is 1. The molecule has 168 valence electrons. The molecule has 0 spiro atoms. The summed E-state index contributed by atoms with van der Waals surface area (Å²) in [6.07, 6.45) is 6.82. The third-order valence-electron chi connectivity index (χ3n) is 5.69. The normalized spacial score (nSPS) is 21.4. The molecule has 30 heavy (non-hydrogen) atoms. The van der Waals surface area contributed by atoms with Gasteiger partial charge in [-0.1, -0.05) is 24.3 Å². The summed E-state index contributed by atoms with van der Waals surface area (Å²) >= 11 is 0. The molecule has 1 fully saturated rings. The third kappa shape index (κ3) is 7.89. The van der Waals surface area contributed by atoms with E-state index < -0.39 is 0 Å². The van der Waals surface area contributed by atoms with E-state index in [1.165, 1.54) is 24.0 Å². The fourth-order valence-corrected chi connectivity index (χ4v) is 4.05. The Hall–Kier alpha value is -1.63. The van der Waals surface area contributed by atoms with E-state index in [-0.39, 0.29) is 6.10 Å². The van der Waals surface area contributed by atoms with Crippen LogP contribution < -0.4 is 10.6 Å². The van der Waals surface area contributed by atoms with Crippen LogP contribution in [0, 0.1) is 5.92 Å². The van der Waals surface area contributed by atoms with Crippen molar-refractivity contribution in [3.8, 4) is 0 Å². The Balaban J connectivity index is 1.26. The fourth-order valence-electron chi connectivity index (χ4n) is 4.05. The molecular formula is C24H39N3O3. The van der Waals surface area contributed by atoms with Crippen molar-refractivity contribution in [2.24, 2.45) is 10.9 Å². The summed E-state index contributed by atoms with van der Waals surface area (Å²) in [5.74, 6) is 1.46. The molecule has 2 atom stereocenters. The zero-order valence-electron chi connectivity index (χ0n) is 18.5. The molecular weight excluding hydrogens is 378 g/mol. The Bertz CT molecular complexity index is 632. The number of hydrogen-bond donors (Lipinski definition) is 2. The Kier molecular flexibility index (Phi) is 10.5. The number of fused-ring (bicyclic) bond motifs is 1. The lowest BCUT2D eigenvalue weighted by molar-refractivity contribution is 0.0398. The van der Waals surface area contributed by atoms with Crippen molar-refractivity contribution in [3.05, 3.63) is 35.4 Å². The van der Waals surface area contributed by atoms with Gasteiger partial charge in [0, 0.05) is 45.4 Å². The van der Waals surface area contributed by atoms with Gasteiger partial charge in [-0.05, 0) is 56.6 Å². The van der Waals surface area contributed by atoms with Gasteiger partial charge in [0.1, 0.15) is 0 Å². The minimum Gasteiger partial charge on any atom is -0.381 e. The van der Waals surface area contributed by atoms with Gasteiger partial charge in [0.05, 0.1) is 19.3 Å². The van der Waals surface area contributed by atoms with Crippen LogP contribution in [0.2, 0.25) is 0 Å². The van der Waals surface area contributed by atoms with E-state index in [1.807, 2.05) is 0 Å². The van der Waals surface area contributed by atoms with Gasteiger partial charge in [-0.2, -0.15) is 0 Å². The lowest BCUT2D eigenvalue weighted by atomic mass is 9.89. The van der Waals surface area contributed by atoms with Crippen molar-refractivity contribution in [2.75, 3.05) is 52.7 Å². The Labute approximate surface area is 181 Å². The highest BCUT2D eigenvalue weighted by Gasteiger charge is 2.19. The highest BCUT2D eigenvalue weighted by atomic mass is 16.5. The van der Waals surface area contributed by atoms with E-state index in [4.69, 9.17) is 14.2 Å². The first-order valence-corrected chi connectivity index (χ1v) is 11.7. The molecule has 0 saturated carbocycles. The van der Waals surface area contributed by atoms with Crippen LogP contribution >= 0.6 is 0 Å². The lowest BCUT2D eigenvalue weighted by Crippen LogP contribution is -2.38. The molecule has 0 bridgehead atoms. The highest BCUT2D eigenvalue weighted by molar-refractivity contribution is 5.79. The number of aryl methyl sites for hydroxylation is 1. The van der Waals surface area contributed by atoms with Gasteiger partial charge in [-0.15, -0.1) is 0 Å². The smallest absolute Gasteiger partial charge is 0.191 e. The molecule has 2 N–H and O–H groups in total. The molecule has 1 aliphatic heterocycles. The molecule has 0 amide bonds. The fraction of sp³-hybridized carbons (Fsp3) is 0.708. The number of rotatable bonds is 12. The van der Waals surface area contributed by atoms with Crippen molar-refractivity contribution in [1.82, 2.24) is 10.6 Å². The number of hydrogen-bond acceptors (Lipinski definition) is 4. The highest BCUT2D eigenvalue weighted by Crippen LogP contribution is 2.32. The van der Waals surface area contributed by atoms with Crippen LogP contribution in [0.25, 0.3) is 0 Å². The average Bonchev–Trinajstić information content (AvgIpc) is 3.29. The number of nitrogens with one attached hydrogen (secondary N) is 2. The van der Waals surface area contributed by atoms with Gasteiger partial charge < -0.3 is 24.8 Å². The molecule has 2 aliphatic rings. The molecule has 6 heteroatoms. The zero-order valence-corrected chi connectivity index (χ0v) is 18.5. The third-order valence-corrected chi connectivity index (χ3v) is 5.69. The van der Waals surface area contributed by atoms with E-state index in [0.29, 0.717) is 5.92 Å². The van der Waals surface area contributed by atoms with Gasteiger partial charge >= 0.3 is 0 Å². The van der Waals surface area contributed by atoms with Gasteiger partial charge in [0.2, 0.25) is 0 Å². The number of guanidine groups is 1. The summed E-state index contributed by atoms with van der Waals surface area (Å²) in [5, 5.41) is 6.73. The average molecular weight is 418 g/mol. The van der Waals surface area contributed by atoms with E-state index in [9.17, 15) is 0 Å². The summed E-state index contributed by atoms with van der Waals surface area (Å²) in [5.41, 5.74) is 2.84. The van der Waals surface area contributed by atoms with E-state index in [0.717, 1.165) is 84.3 Å². The van der Waals surface area contributed by atoms with Crippen LogP contribution in [0.4, 0.5) is 0 Å². The molecule has 2 unspecified atom stereocenters. The molecule has 1 aliphatic carbocycles. The minimum absolute atomic E-state index is 0.257. The predicted molar refractivity (Wildman–Crippen MR) is 121 cm³/mol. The first kappa shape index (κ1) is 23.0. The Morgan fingerprint density at radius 2 is 2.10 bits per heavy atom. The van der Waals surface area contributed by atoms with Crippen molar-refractivity contribution in [3.63, 3.8) is 0 Å². The maximum absolute atomic E-state index is 6.19. The van der Waals surface area contributed by atoms with Crippen molar-refractivity contribution in [1.29, 1.82) is 0 Å². The molecule has 1 aromatic carbocycles. The summed E-state index contributed by atoms with van der Waals surface area (Å²) < 4.78 is 17.3. The SMILES string of the molecule is CCNC(=NCCCOCC1CCOC1)NCCCOC1CCCc2ccccc21. The summed E-state index contributed by atoms with van der Waals surface area (Å²) in [4.78, 5) is 4.65. The molecule has 6 nitrogen and oxygen atoms in total. The number of aliphatic imine (C=N–C) groups is 1. The minimum atomic E-state index is 0.257. The second-order valence-corrected chi connectivity index (χ2v) is 8.15. The summed E-state index contributed by atoms with van der Waals surface area (Å²) in [7, 11) is 0. The van der Waals surface area contributed by atoms with Crippen molar-refractivity contribution in [2.45, 2.75) is 51.6 Å². The van der Waals surface area contributed by atoms with Gasteiger partial charge in [0.15, 0.2) is 5.96 Å². The Morgan fingerprint density at radius 3 is 2.97 bits per heavy atom. The van der Waals surface area contributed by atoms with E-state index in [2.05, 4.69) is 46.8 Å². The second-order valence-electron chi connectivity index (χ2n) is 8.15. The molecule has 0 radical (unpaired) electrons. The lowest BCUT2D eigenvalue weighted by Gasteiger charge is -2.25. The van der Waals surface area contributed by atoms with Gasteiger partial charge in [-0.3, -0.25) is 4.99 Å². The summed E-state index contributed by atoms with van der Waals surface area (Å²) in [6.45, 7) is 8.66. The number of nitrogens with zero attached hydrogens (tertiary/aromatic N) is 1. The topological polar surface area (TPSA) is 64.1 Å².